The Balaban J connectivity index is 1.65. The first kappa shape index (κ1) is 20.1. The van der Waals surface area contributed by atoms with Crippen molar-refractivity contribution in [2.45, 2.75) is 6.42 Å². The molecule has 2 heterocycles. The van der Waals surface area contributed by atoms with Crippen LogP contribution in [-0.2, 0) is 9.53 Å². The molecule has 0 bridgehead atoms. The van der Waals surface area contributed by atoms with Gasteiger partial charge in [0.25, 0.3) is 5.91 Å². The SMILES string of the molecule is COc1ccc(OC)c(/C=C2/SC(=S)N(CCCN3CCOCC3)C2=O)c1. The fourth-order valence-electron chi connectivity index (χ4n) is 3.06. The third kappa shape index (κ3) is 5.01. The van der Waals surface area contributed by atoms with Gasteiger partial charge in [-0.3, -0.25) is 14.6 Å². The molecular formula is C19H24N2O4S2. The van der Waals surface area contributed by atoms with E-state index < -0.39 is 0 Å². The number of methoxy groups -OCH3 is 2. The summed E-state index contributed by atoms with van der Waals surface area (Å²) in [6.07, 6.45) is 2.71. The minimum absolute atomic E-state index is 0.0446. The average molecular weight is 409 g/mol. The monoisotopic (exact) mass is 408 g/mol. The number of morpholine rings is 1. The molecular weight excluding hydrogens is 384 g/mol. The van der Waals surface area contributed by atoms with Crippen LogP contribution in [0.15, 0.2) is 23.1 Å². The summed E-state index contributed by atoms with van der Waals surface area (Å²) in [5.74, 6) is 1.35. The number of amides is 1. The van der Waals surface area contributed by atoms with Crippen LogP contribution in [0.2, 0.25) is 0 Å². The molecule has 1 amide bonds. The molecule has 0 radical (unpaired) electrons. The molecule has 6 nitrogen and oxygen atoms in total. The molecule has 0 N–H and O–H groups in total. The van der Waals surface area contributed by atoms with Gasteiger partial charge in [-0.1, -0.05) is 24.0 Å². The van der Waals surface area contributed by atoms with E-state index in [1.165, 1.54) is 11.8 Å². The van der Waals surface area contributed by atoms with E-state index in [4.69, 9.17) is 26.4 Å². The van der Waals surface area contributed by atoms with Crippen molar-refractivity contribution in [1.82, 2.24) is 9.80 Å². The quantitative estimate of drug-likeness (QED) is 0.508. The standard InChI is InChI=1S/C19H24N2O4S2/c1-23-15-4-5-16(24-2)14(12-15)13-17-18(22)21(19(26)27-17)7-3-6-20-8-10-25-11-9-20/h4-5,12-13H,3,6-11H2,1-2H3/b17-13+. The molecule has 0 aromatic heterocycles. The highest BCUT2D eigenvalue weighted by Gasteiger charge is 2.32. The van der Waals surface area contributed by atoms with E-state index in [0.717, 1.165) is 44.8 Å². The Morgan fingerprint density at radius 1 is 1.22 bits per heavy atom. The van der Waals surface area contributed by atoms with Crippen LogP contribution < -0.4 is 9.47 Å². The Morgan fingerprint density at radius 3 is 2.70 bits per heavy atom. The number of benzene rings is 1. The van der Waals surface area contributed by atoms with E-state index in [2.05, 4.69) is 4.90 Å². The Labute approximate surface area is 169 Å². The summed E-state index contributed by atoms with van der Waals surface area (Å²) in [6, 6.07) is 5.50. The number of nitrogens with zero attached hydrogens (tertiary/aromatic N) is 2. The highest BCUT2D eigenvalue weighted by molar-refractivity contribution is 8.26. The zero-order valence-corrected chi connectivity index (χ0v) is 17.2. The van der Waals surface area contributed by atoms with E-state index in [1.54, 1.807) is 19.1 Å². The molecule has 8 heteroatoms. The summed E-state index contributed by atoms with van der Waals surface area (Å²) in [7, 11) is 3.22. The lowest BCUT2D eigenvalue weighted by Crippen LogP contribution is -2.38. The first-order chi connectivity index (χ1) is 13.1. The van der Waals surface area contributed by atoms with Crippen molar-refractivity contribution < 1.29 is 19.0 Å². The number of thioether (sulfide) groups is 1. The summed E-state index contributed by atoms with van der Waals surface area (Å²) in [5, 5.41) is 0. The summed E-state index contributed by atoms with van der Waals surface area (Å²) in [5.41, 5.74) is 0.797. The van der Waals surface area contributed by atoms with Gasteiger partial charge in [-0.2, -0.15) is 0 Å². The molecule has 146 valence electrons. The van der Waals surface area contributed by atoms with E-state index in [0.29, 0.717) is 27.3 Å². The molecule has 0 unspecified atom stereocenters. The van der Waals surface area contributed by atoms with Crippen molar-refractivity contribution in [1.29, 1.82) is 0 Å². The van der Waals surface area contributed by atoms with Crippen LogP contribution in [0.5, 0.6) is 11.5 Å². The summed E-state index contributed by atoms with van der Waals surface area (Å²) >= 11 is 6.76. The molecule has 3 rings (SSSR count). The zero-order chi connectivity index (χ0) is 19.2. The predicted molar refractivity (Wildman–Crippen MR) is 111 cm³/mol. The largest absolute Gasteiger partial charge is 0.497 e. The highest BCUT2D eigenvalue weighted by atomic mass is 32.2. The minimum Gasteiger partial charge on any atom is -0.497 e. The predicted octanol–water partition coefficient (Wildman–Crippen LogP) is 2.63. The third-order valence-corrected chi connectivity index (χ3v) is 5.93. The number of hydrogen-bond acceptors (Lipinski definition) is 7. The Morgan fingerprint density at radius 2 is 2.00 bits per heavy atom. The van der Waals surface area contributed by atoms with Gasteiger partial charge in [0.05, 0.1) is 32.3 Å². The second-order valence-corrected chi connectivity index (χ2v) is 7.92. The van der Waals surface area contributed by atoms with E-state index in [1.807, 2.05) is 24.3 Å². The topological polar surface area (TPSA) is 51.2 Å². The fraction of sp³-hybridized carbons (Fsp3) is 0.474. The normalized spacial score (nSPS) is 19.8. The van der Waals surface area contributed by atoms with Crippen LogP contribution in [0.25, 0.3) is 6.08 Å². The third-order valence-electron chi connectivity index (χ3n) is 4.56. The van der Waals surface area contributed by atoms with Gasteiger partial charge in [-0.25, -0.2) is 0 Å². The smallest absolute Gasteiger partial charge is 0.266 e. The van der Waals surface area contributed by atoms with E-state index in [-0.39, 0.29) is 5.91 Å². The van der Waals surface area contributed by atoms with Crippen LogP contribution >= 0.6 is 24.0 Å². The molecule has 1 aromatic rings. The van der Waals surface area contributed by atoms with Gasteiger partial charge in [-0.05, 0) is 30.7 Å². The minimum atomic E-state index is -0.0446. The average Bonchev–Trinajstić information content (AvgIpc) is 2.96. The molecule has 2 fully saturated rings. The maximum atomic E-state index is 12.8. The first-order valence-electron chi connectivity index (χ1n) is 8.90. The molecule has 0 saturated carbocycles. The highest BCUT2D eigenvalue weighted by Crippen LogP contribution is 2.35. The lowest BCUT2D eigenvalue weighted by atomic mass is 10.1. The number of carbonyl (C=O) groups excluding carboxylic acids is 1. The van der Waals surface area contributed by atoms with Gasteiger partial charge in [0, 0.05) is 31.7 Å². The molecule has 2 saturated heterocycles. The van der Waals surface area contributed by atoms with Gasteiger partial charge in [0.15, 0.2) is 0 Å². The zero-order valence-electron chi connectivity index (χ0n) is 15.6. The van der Waals surface area contributed by atoms with Gasteiger partial charge < -0.3 is 14.2 Å². The number of hydrogen-bond donors (Lipinski definition) is 0. The Kier molecular flexibility index (Phi) is 7.12. The molecule has 0 aliphatic carbocycles. The van der Waals surface area contributed by atoms with E-state index in [9.17, 15) is 4.79 Å². The van der Waals surface area contributed by atoms with Crippen LogP contribution in [0.3, 0.4) is 0 Å². The molecule has 0 atom stereocenters. The van der Waals surface area contributed by atoms with Crippen molar-refractivity contribution >= 4 is 40.3 Å². The van der Waals surface area contributed by atoms with Crippen LogP contribution in [0.4, 0.5) is 0 Å². The van der Waals surface area contributed by atoms with Gasteiger partial charge in [0.1, 0.15) is 15.8 Å². The fourth-order valence-corrected chi connectivity index (χ4v) is 4.36. The van der Waals surface area contributed by atoms with Gasteiger partial charge in [0.2, 0.25) is 0 Å². The first-order valence-corrected chi connectivity index (χ1v) is 10.1. The maximum Gasteiger partial charge on any atom is 0.266 e. The lowest BCUT2D eigenvalue weighted by Gasteiger charge is -2.27. The molecule has 2 aliphatic heterocycles. The van der Waals surface area contributed by atoms with Gasteiger partial charge >= 0.3 is 0 Å². The summed E-state index contributed by atoms with van der Waals surface area (Å²) < 4.78 is 16.6. The number of thiocarbonyl (C=S) groups is 1. The van der Waals surface area contributed by atoms with Crippen molar-refractivity contribution in [2.24, 2.45) is 0 Å². The van der Waals surface area contributed by atoms with Gasteiger partial charge in [-0.15, -0.1) is 0 Å². The molecule has 27 heavy (non-hydrogen) atoms. The summed E-state index contributed by atoms with van der Waals surface area (Å²) in [4.78, 5) is 17.5. The van der Waals surface area contributed by atoms with Crippen LogP contribution in [0, 0.1) is 0 Å². The second-order valence-electron chi connectivity index (χ2n) is 6.25. The Hall–Kier alpha value is -1.61. The van der Waals surface area contributed by atoms with Crippen molar-refractivity contribution in [3.63, 3.8) is 0 Å². The number of rotatable bonds is 7. The van der Waals surface area contributed by atoms with Crippen LogP contribution in [-0.4, -0.2) is 73.6 Å². The molecule has 1 aromatic carbocycles. The summed E-state index contributed by atoms with van der Waals surface area (Å²) in [6.45, 7) is 5.05. The molecule has 2 aliphatic rings. The van der Waals surface area contributed by atoms with Crippen molar-refractivity contribution in [2.75, 3.05) is 53.6 Å². The van der Waals surface area contributed by atoms with Crippen molar-refractivity contribution in [3.05, 3.63) is 28.7 Å². The van der Waals surface area contributed by atoms with E-state index >= 15 is 0 Å². The lowest BCUT2D eigenvalue weighted by molar-refractivity contribution is -0.122. The number of carbonyl (C=O) groups is 1. The molecule has 0 spiro atoms. The maximum absolute atomic E-state index is 12.8. The van der Waals surface area contributed by atoms with Crippen molar-refractivity contribution in [3.8, 4) is 11.5 Å². The van der Waals surface area contributed by atoms with Crippen LogP contribution in [0.1, 0.15) is 12.0 Å². The number of ether oxygens (including phenoxy) is 3. The second kappa shape index (κ2) is 9.54. The Bertz CT molecular complexity index is 732.